The smallest absolute Gasteiger partial charge is 0.206 e. The molecule has 2 aromatic rings. The molecule has 94 valence electrons. The number of aromatic nitrogens is 2. The van der Waals surface area contributed by atoms with E-state index >= 15 is 0 Å². The first-order chi connectivity index (χ1) is 8.78. The maximum absolute atomic E-state index is 4.13. The second kappa shape index (κ2) is 6.92. The van der Waals surface area contributed by atoms with Gasteiger partial charge in [0, 0.05) is 16.8 Å². The van der Waals surface area contributed by atoms with Gasteiger partial charge in [-0.2, -0.15) is 0 Å². The molecule has 3 nitrogen and oxygen atoms in total. The molecular weight excluding hydrogens is 330 g/mol. The van der Waals surface area contributed by atoms with Crippen LogP contribution in [0, 0.1) is 0 Å². The Bertz CT molecular complexity index is 528. The number of nitrogens with one attached hydrogen (secondary N) is 1. The predicted molar refractivity (Wildman–Crippen MR) is 82.3 cm³/mol. The quantitative estimate of drug-likeness (QED) is 0.631. The van der Waals surface area contributed by atoms with Crippen molar-refractivity contribution in [3.8, 4) is 0 Å². The normalized spacial score (nSPS) is 10.3. The molecule has 0 atom stereocenters. The maximum Gasteiger partial charge on any atom is 0.206 e. The molecule has 0 fully saturated rings. The van der Waals surface area contributed by atoms with Gasteiger partial charge in [0.2, 0.25) is 5.13 Å². The molecule has 0 saturated heterocycles. The predicted octanol–water partition coefficient (Wildman–Crippen LogP) is 4.19. The molecule has 1 N–H and O–H groups in total. The maximum atomic E-state index is 4.13. The Hall–Kier alpha value is -0.850. The molecular formula is C12H12BrN3S2. The van der Waals surface area contributed by atoms with Crippen LogP contribution in [0.25, 0.3) is 0 Å². The van der Waals surface area contributed by atoms with Gasteiger partial charge in [-0.05, 0) is 17.7 Å². The van der Waals surface area contributed by atoms with Crippen molar-refractivity contribution in [2.45, 2.75) is 10.1 Å². The monoisotopic (exact) mass is 341 g/mol. The first kappa shape index (κ1) is 13.6. The number of thioether (sulfide) groups is 1. The van der Waals surface area contributed by atoms with Gasteiger partial charge in [0.25, 0.3) is 0 Å². The lowest BCUT2D eigenvalue weighted by atomic mass is 10.2. The Morgan fingerprint density at radius 2 is 2.33 bits per heavy atom. The van der Waals surface area contributed by atoms with Crippen molar-refractivity contribution >= 4 is 44.2 Å². The lowest BCUT2D eigenvalue weighted by Crippen LogP contribution is -1.96. The van der Waals surface area contributed by atoms with Crippen molar-refractivity contribution in [1.82, 2.24) is 10.2 Å². The third-order valence-corrected chi connectivity index (χ3v) is 4.63. The highest BCUT2D eigenvalue weighted by atomic mass is 79.9. The van der Waals surface area contributed by atoms with Gasteiger partial charge in [-0.1, -0.05) is 57.2 Å². The van der Waals surface area contributed by atoms with E-state index in [-0.39, 0.29) is 0 Å². The molecule has 18 heavy (non-hydrogen) atoms. The van der Waals surface area contributed by atoms with E-state index in [1.807, 2.05) is 12.1 Å². The van der Waals surface area contributed by atoms with E-state index in [0.717, 1.165) is 19.7 Å². The third-order valence-electron chi connectivity index (χ3n) is 2.06. The van der Waals surface area contributed by atoms with Crippen molar-refractivity contribution in [2.75, 3.05) is 11.9 Å². The average molecular weight is 342 g/mol. The molecule has 0 aliphatic rings. The van der Waals surface area contributed by atoms with Crippen LogP contribution in [0.15, 0.2) is 45.7 Å². The van der Waals surface area contributed by atoms with Crippen molar-refractivity contribution < 1.29 is 0 Å². The number of hydrogen-bond acceptors (Lipinski definition) is 5. The molecule has 1 heterocycles. The van der Waals surface area contributed by atoms with Crippen molar-refractivity contribution in [3.63, 3.8) is 0 Å². The van der Waals surface area contributed by atoms with Crippen molar-refractivity contribution in [2.24, 2.45) is 0 Å². The summed E-state index contributed by atoms with van der Waals surface area (Å²) in [5.74, 6) is 0.898. The van der Waals surface area contributed by atoms with Crippen LogP contribution in [0.2, 0.25) is 0 Å². The highest BCUT2D eigenvalue weighted by Gasteiger charge is 2.04. The van der Waals surface area contributed by atoms with Crippen molar-refractivity contribution in [1.29, 1.82) is 0 Å². The minimum atomic E-state index is 0.713. The minimum absolute atomic E-state index is 0.713. The number of rotatable bonds is 6. The SMILES string of the molecule is C=CCNc1nnc(SCc2cccc(Br)c2)s1. The summed E-state index contributed by atoms with van der Waals surface area (Å²) in [6, 6.07) is 8.29. The van der Waals surface area contributed by atoms with Crippen LogP contribution in [0.1, 0.15) is 5.56 Å². The lowest BCUT2D eigenvalue weighted by molar-refractivity contribution is 1.01. The summed E-state index contributed by atoms with van der Waals surface area (Å²) in [5, 5.41) is 12.2. The molecule has 0 saturated carbocycles. The van der Waals surface area contributed by atoms with Gasteiger partial charge in [0.05, 0.1) is 0 Å². The number of benzene rings is 1. The zero-order valence-corrected chi connectivity index (χ0v) is 12.8. The van der Waals surface area contributed by atoms with E-state index < -0.39 is 0 Å². The Labute approximate surface area is 123 Å². The standard InChI is InChI=1S/C12H12BrN3S2/c1-2-6-14-11-15-16-12(18-11)17-8-9-4-3-5-10(13)7-9/h2-5,7H,1,6,8H2,(H,14,15). The Balaban J connectivity index is 1.90. The largest absolute Gasteiger partial charge is 0.357 e. The molecule has 0 bridgehead atoms. The molecule has 1 aromatic heterocycles. The third kappa shape index (κ3) is 4.12. The zero-order valence-electron chi connectivity index (χ0n) is 9.60. The summed E-state index contributed by atoms with van der Waals surface area (Å²) in [4.78, 5) is 0. The molecule has 1 aromatic carbocycles. The molecule has 0 spiro atoms. The summed E-state index contributed by atoms with van der Waals surface area (Å²) in [6.07, 6.45) is 1.80. The molecule has 0 aliphatic heterocycles. The number of halogens is 1. The minimum Gasteiger partial charge on any atom is -0.357 e. The van der Waals surface area contributed by atoms with Crippen LogP contribution in [0.3, 0.4) is 0 Å². The van der Waals surface area contributed by atoms with E-state index in [0.29, 0.717) is 6.54 Å². The fourth-order valence-electron chi connectivity index (χ4n) is 1.27. The summed E-state index contributed by atoms with van der Waals surface area (Å²) in [7, 11) is 0. The van der Waals surface area contributed by atoms with Crippen LogP contribution in [-0.4, -0.2) is 16.7 Å². The molecule has 0 unspecified atom stereocenters. The van der Waals surface area contributed by atoms with Crippen LogP contribution in [0.4, 0.5) is 5.13 Å². The summed E-state index contributed by atoms with van der Waals surface area (Å²) in [5.41, 5.74) is 1.27. The molecule has 0 aliphatic carbocycles. The lowest BCUT2D eigenvalue weighted by Gasteiger charge is -1.99. The van der Waals surface area contributed by atoms with Crippen LogP contribution < -0.4 is 5.32 Å². The van der Waals surface area contributed by atoms with E-state index in [1.54, 1.807) is 29.2 Å². The van der Waals surface area contributed by atoms with E-state index in [1.165, 1.54) is 5.56 Å². The average Bonchev–Trinajstić information content (AvgIpc) is 2.82. The Morgan fingerprint density at radius 1 is 1.44 bits per heavy atom. The van der Waals surface area contributed by atoms with Gasteiger partial charge < -0.3 is 5.32 Å². The summed E-state index contributed by atoms with van der Waals surface area (Å²) in [6.45, 7) is 4.36. The highest BCUT2D eigenvalue weighted by Crippen LogP contribution is 2.28. The van der Waals surface area contributed by atoms with Crippen LogP contribution >= 0.6 is 39.0 Å². The van der Waals surface area contributed by atoms with Gasteiger partial charge in [-0.15, -0.1) is 16.8 Å². The molecule has 6 heteroatoms. The van der Waals surface area contributed by atoms with Crippen LogP contribution in [-0.2, 0) is 5.75 Å². The Morgan fingerprint density at radius 3 is 3.11 bits per heavy atom. The first-order valence-corrected chi connectivity index (χ1v) is 7.93. The topological polar surface area (TPSA) is 37.8 Å². The highest BCUT2D eigenvalue weighted by molar-refractivity contribution is 9.10. The van der Waals surface area contributed by atoms with Crippen molar-refractivity contribution in [3.05, 3.63) is 47.0 Å². The first-order valence-electron chi connectivity index (χ1n) is 5.33. The summed E-state index contributed by atoms with van der Waals surface area (Å²) >= 11 is 6.73. The van der Waals surface area contributed by atoms with E-state index in [2.05, 4.69) is 50.2 Å². The second-order valence-corrected chi connectivity index (χ2v) is 6.58. The Kier molecular flexibility index (Phi) is 5.22. The number of anilines is 1. The summed E-state index contributed by atoms with van der Waals surface area (Å²) < 4.78 is 2.08. The van der Waals surface area contributed by atoms with E-state index in [4.69, 9.17) is 0 Å². The number of hydrogen-bond donors (Lipinski definition) is 1. The second-order valence-electron chi connectivity index (χ2n) is 3.46. The van der Waals surface area contributed by atoms with Crippen LogP contribution in [0.5, 0.6) is 0 Å². The fourth-order valence-corrected chi connectivity index (χ4v) is 3.42. The van der Waals surface area contributed by atoms with Gasteiger partial charge in [-0.3, -0.25) is 0 Å². The zero-order chi connectivity index (χ0) is 12.8. The molecule has 2 rings (SSSR count). The number of nitrogens with zero attached hydrogens (tertiary/aromatic N) is 2. The van der Waals surface area contributed by atoms with Gasteiger partial charge in [-0.25, -0.2) is 0 Å². The van der Waals surface area contributed by atoms with Gasteiger partial charge in [0.1, 0.15) is 0 Å². The molecule has 0 amide bonds. The van der Waals surface area contributed by atoms with Gasteiger partial charge in [0.15, 0.2) is 4.34 Å². The molecule has 0 radical (unpaired) electrons. The van der Waals surface area contributed by atoms with E-state index in [9.17, 15) is 0 Å². The van der Waals surface area contributed by atoms with Gasteiger partial charge >= 0.3 is 0 Å². The fraction of sp³-hybridized carbons (Fsp3) is 0.167.